The average Bonchev–Trinajstić information content (AvgIpc) is 0.779. The Morgan fingerprint density at radius 3 is 1.04 bits per heavy atom. The summed E-state index contributed by atoms with van der Waals surface area (Å²) in [7, 11) is 0. The number of carbonyl (C=O) groups is 2. The zero-order chi connectivity index (χ0) is 63.3. The highest BCUT2D eigenvalue weighted by Crippen LogP contribution is 2.41. The summed E-state index contributed by atoms with van der Waals surface area (Å²) in [4.78, 5) is 28.9. The average molecular weight is 1230 g/mol. The number of fused-ring (bicyclic) bond motifs is 1. The first kappa shape index (κ1) is 64.0. The molecule has 0 atom stereocenters. The molecular weight excluding hydrogens is 1200 g/mol. The minimum Gasteiger partial charge on any atom is -0.422 e. The third-order valence-corrected chi connectivity index (χ3v) is 12.8. The van der Waals surface area contributed by atoms with Gasteiger partial charge in [0.1, 0.15) is 11.9 Å². The number of nitrogens with zero attached hydrogens (tertiary/aromatic N) is 2. The molecule has 0 aliphatic heterocycles. The van der Waals surface area contributed by atoms with Crippen molar-refractivity contribution in [3.8, 4) is 5.75 Å². The second-order valence-electron chi connectivity index (χ2n) is 18.5. The van der Waals surface area contributed by atoms with Crippen LogP contribution in [0.5, 0.6) is 5.75 Å². The molecule has 1 aromatic heterocycles. The minimum absolute atomic E-state index is 0.0503. The van der Waals surface area contributed by atoms with Crippen LogP contribution in [-0.4, -0.2) is 22.9 Å². The Morgan fingerprint density at radius 2 is 0.706 bits per heavy atom. The lowest BCUT2D eigenvalue weighted by molar-refractivity contribution is -0.683. The van der Waals surface area contributed by atoms with E-state index in [4.69, 9.17) is 4.74 Å². The number of esters is 1. The number of rotatable bonds is 9. The fraction of sp³-hybridized carbons (Fsp3) is 0.164. The highest BCUT2D eigenvalue weighted by Gasteiger charge is 2.47. The van der Waals surface area contributed by atoms with E-state index in [0.717, 1.165) is 10.8 Å². The van der Waals surface area contributed by atoms with Crippen LogP contribution in [0.15, 0.2) is 164 Å². The quantitative estimate of drug-likeness (QED) is 0.0361. The van der Waals surface area contributed by atoms with Crippen molar-refractivity contribution in [1.29, 1.82) is 0 Å². The third-order valence-electron chi connectivity index (χ3n) is 12.8. The lowest BCUT2D eigenvalue weighted by Crippen LogP contribution is -2.75. The van der Waals surface area contributed by atoms with Crippen molar-refractivity contribution in [2.75, 3.05) is 0 Å². The molecule has 0 aliphatic carbocycles. The lowest BCUT2D eigenvalue weighted by atomic mass is 9.12. The molecule has 0 saturated carbocycles. The molecule has 0 amide bonds. The summed E-state index contributed by atoms with van der Waals surface area (Å²) >= 11 is 0. The van der Waals surface area contributed by atoms with Gasteiger partial charge in [0.2, 0.25) is 24.2 Å². The van der Waals surface area contributed by atoms with Crippen LogP contribution in [0.2, 0.25) is 0 Å². The molecule has 8 rings (SSSR count). The first-order chi connectivity index (χ1) is 38.9. The molecule has 0 aliphatic rings. The van der Waals surface area contributed by atoms with Crippen LogP contribution in [0.25, 0.3) is 10.8 Å². The summed E-state index contributed by atoms with van der Waals surface area (Å²) in [6.45, 7) is 0.114. The summed E-state index contributed by atoms with van der Waals surface area (Å²) in [5.41, 5.74) is -29.5. The number of halogens is 24. The number of benzene rings is 7. The second kappa shape index (κ2) is 22.8. The van der Waals surface area contributed by atoms with Crippen LogP contribution in [0.1, 0.15) is 65.4 Å². The largest absolute Gasteiger partial charge is 0.422 e. The topological polar surface area (TPSA) is 60.1 Å². The molecule has 0 N–H and O–H groups in total. The number of ether oxygens (including phenoxy) is 1. The first-order valence-corrected chi connectivity index (χ1v) is 23.5. The Labute approximate surface area is 460 Å². The number of hydrogen-bond acceptors (Lipinski definition) is 4. The van der Waals surface area contributed by atoms with E-state index >= 15 is 0 Å². The van der Waals surface area contributed by atoms with Crippen molar-refractivity contribution in [1.82, 2.24) is 4.98 Å². The monoisotopic (exact) mass is 1230 g/mol. The van der Waals surface area contributed by atoms with E-state index in [2.05, 4.69) is 4.98 Å². The molecule has 0 radical (unpaired) electrons. The van der Waals surface area contributed by atoms with E-state index < -0.39 is 201 Å². The van der Waals surface area contributed by atoms with E-state index in [1.165, 1.54) is 12.4 Å². The number of hydrogen-bond donors (Lipinski definition) is 0. The van der Waals surface area contributed by atoms with Gasteiger partial charge in [-0.1, -0.05) is 109 Å². The van der Waals surface area contributed by atoms with Crippen molar-refractivity contribution < 1.29 is 124 Å². The summed E-state index contributed by atoms with van der Waals surface area (Å²) in [5, 5.41) is 2.05. The standard InChI is InChI=1S/C32H12BF24.C23H17N2O3/c34-25(35,36)13-1-14(26(37,38)39)6-21(5-13)33(22-7-15(27(40,41)42)2-16(8-22)28(43,44)45,23-9-17(29(46,47)48)3-18(10-23)30(49,50)51)24-11-19(31(52,53)54)4-20(12-24)32(55,56)57;26-22(18-7-2-1-3-8-18)16-25-13-12-24-21(15-25)23(27)28-20-11-10-17-6-4-5-9-19(17)14-20/h1-12H;1-15H,16H2/q-1;+1. The van der Waals surface area contributed by atoms with Gasteiger partial charge < -0.3 is 4.74 Å². The van der Waals surface area contributed by atoms with Crippen LogP contribution >= 0.6 is 0 Å². The normalized spacial score (nSPS) is 13.1. The minimum atomic E-state index is -6.13. The van der Waals surface area contributed by atoms with Gasteiger partial charge in [0.15, 0.2) is 6.20 Å². The van der Waals surface area contributed by atoms with Gasteiger partial charge in [-0.3, -0.25) is 4.79 Å². The zero-order valence-corrected chi connectivity index (χ0v) is 41.6. The van der Waals surface area contributed by atoms with Crippen molar-refractivity contribution in [2.45, 2.75) is 56.0 Å². The maximum absolute atomic E-state index is 14.2. The number of carbonyl (C=O) groups excluding carboxylic acids is 2. The van der Waals surface area contributed by atoms with Gasteiger partial charge in [0.05, 0.1) is 50.7 Å². The SMILES string of the molecule is FC(F)(F)c1cc([B-](c2cc(C(F)(F)F)cc(C(F)(F)F)c2)(c2cc(C(F)(F)F)cc(C(F)(F)F)c2)c2cc(C(F)(F)F)cc(C(F)(F)F)c2)cc(C(F)(F)F)c1.O=C(C[n+]1ccnc(C(=O)Oc2ccc3ccccc3c2)c1)c1ccccc1. The summed E-state index contributed by atoms with van der Waals surface area (Å²) in [6.07, 6.45) is -50.2. The second-order valence-corrected chi connectivity index (χ2v) is 18.5. The van der Waals surface area contributed by atoms with Crippen molar-refractivity contribution in [3.63, 3.8) is 0 Å². The molecule has 30 heteroatoms. The summed E-state index contributed by atoms with van der Waals surface area (Å²) in [5.74, 6) is -0.177. The van der Waals surface area contributed by atoms with Gasteiger partial charge in [-0.25, -0.2) is 9.78 Å². The third kappa shape index (κ3) is 14.9. The zero-order valence-electron chi connectivity index (χ0n) is 41.6. The van der Waals surface area contributed by atoms with Gasteiger partial charge in [-0.15, -0.1) is 0 Å². The highest BCUT2D eigenvalue weighted by atomic mass is 19.4. The molecular formula is C55H29BF24N2O3. The Kier molecular flexibility index (Phi) is 17.1. The molecule has 0 unspecified atom stereocenters. The number of alkyl halides is 24. The number of ketones is 1. The maximum Gasteiger partial charge on any atom is 0.416 e. The van der Waals surface area contributed by atoms with E-state index in [1.54, 1.807) is 29.0 Å². The molecule has 85 heavy (non-hydrogen) atoms. The fourth-order valence-corrected chi connectivity index (χ4v) is 8.98. The van der Waals surface area contributed by atoms with Gasteiger partial charge in [0, 0.05) is 5.56 Å². The van der Waals surface area contributed by atoms with Gasteiger partial charge in [0.25, 0.3) is 0 Å². The smallest absolute Gasteiger partial charge is 0.416 e. The predicted molar refractivity (Wildman–Crippen MR) is 254 cm³/mol. The molecule has 0 saturated heterocycles. The highest BCUT2D eigenvalue weighted by molar-refractivity contribution is 7.20. The number of aromatic nitrogens is 2. The molecule has 0 bridgehead atoms. The summed E-state index contributed by atoms with van der Waals surface area (Å²) in [6, 6.07) is 13.5. The first-order valence-electron chi connectivity index (χ1n) is 23.5. The van der Waals surface area contributed by atoms with Crippen LogP contribution in [0.3, 0.4) is 0 Å². The molecule has 7 aromatic carbocycles. The Balaban J connectivity index is 0.000000306. The van der Waals surface area contributed by atoms with E-state index in [-0.39, 0.29) is 18.0 Å². The van der Waals surface area contributed by atoms with Crippen LogP contribution in [0.4, 0.5) is 105 Å². The van der Waals surface area contributed by atoms with E-state index in [1.807, 2.05) is 54.6 Å². The fourth-order valence-electron chi connectivity index (χ4n) is 8.98. The Hall–Kier alpha value is -8.60. The van der Waals surface area contributed by atoms with Gasteiger partial charge in [-0.05, 0) is 47.2 Å². The van der Waals surface area contributed by atoms with E-state index in [0.29, 0.717) is 11.3 Å². The predicted octanol–water partition coefficient (Wildman–Crippen LogP) is 14.8. The molecule has 8 aromatic rings. The van der Waals surface area contributed by atoms with Crippen molar-refractivity contribution >= 4 is 50.5 Å². The van der Waals surface area contributed by atoms with E-state index in [9.17, 15) is 115 Å². The molecule has 0 fully saturated rings. The lowest BCUT2D eigenvalue weighted by Gasteiger charge is -2.46. The van der Waals surface area contributed by atoms with Crippen LogP contribution in [-0.2, 0) is 56.0 Å². The van der Waals surface area contributed by atoms with Crippen LogP contribution < -0.4 is 31.2 Å². The Morgan fingerprint density at radius 1 is 0.388 bits per heavy atom. The molecule has 0 spiro atoms. The van der Waals surface area contributed by atoms with Crippen LogP contribution in [0, 0.1) is 0 Å². The van der Waals surface area contributed by atoms with Gasteiger partial charge >= 0.3 is 55.4 Å². The Bertz CT molecular complexity index is 3350. The maximum atomic E-state index is 14.2. The van der Waals surface area contributed by atoms with Gasteiger partial charge in [-0.2, -0.15) is 132 Å². The number of Topliss-reactive ketones (excluding diaryl/α,β-unsaturated/α-hetero) is 1. The van der Waals surface area contributed by atoms with Crippen molar-refractivity contribution in [3.05, 3.63) is 220 Å². The molecule has 1 heterocycles. The van der Waals surface area contributed by atoms with Crippen molar-refractivity contribution in [2.24, 2.45) is 0 Å². The molecule has 448 valence electrons. The molecule has 5 nitrogen and oxygen atoms in total. The summed E-state index contributed by atoms with van der Waals surface area (Å²) < 4.78 is 348.